The van der Waals surface area contributed by atoms with Crippen LogP contribution in [-0.4, -0.2) is 27.7 Å². The maximum atomic E-state index is 12.2. The van der Waals surface area contributed by atoms with Gasteiger partial charge in [0.25, 0.3) is 0 Å². The van der Waals surface area contributed by atoms with Gasteiger partial charge in [0.1, 0.15) is 4.90 Å². The highest BCUT2D eigenvalue weighted by Gasteiger charge is 2.24. The molecule has 0 saturated heterocycles. The van der Waals surface area contributed by atoms with Crippen LogP contribution < -0.4 is 10.5 Å². The molecule has 0 radical (unpaired) electrons. The Labute approximate surface area is 108 Å². The summed E-state index contributed by atoms with van der Waals surface area (Å²) in [4.78, 5) is 0.136. The van der Waals surface area contributed by atoms with Gasteiger partial charge in [-0.15, -0.1) is 0 Å². The fraction of sp³-hybridized carbons (Fsp3) is 0.500. The molecule has 0 saturated carbocycles. The topological polar surface area (TPSA) is 81.4 Å². The Hall–Kier alpha value is -1.11. The van der Waals surface area contributed by atoms with Crippen LogP contribution in [0, 0.1) is 6.92 Å². The molecule has 102 valence electrons. The monoisotopic (exact) mass is 272 g/mol. The first-order valence-electron chi connectivity index (χ1n) is 5.59. The summed E-state index contributed by atoms with van der Waals surface area (Å²) in [6.07, 6.45) is 0. The number of rotatable bonds is 5. The van der Waals surface area contributed by atoms with E-state index in [4.69, 9.17) is 10.5 Å². The van der Waals surface area contributed by atoms with Gasteiger partial charge in [-0.3, -0.25) is 0 Å². The van der Waals surface area contributed by atoms with E-state index in [-0.39, 0.29) is 17.1 Å². The molecular weight excluding hydrogens is 252 g/mol. The van der Waals surface area contributed by atoms with Gasteiger partial charge in [-0.1, -0.05) is 12.1 Å². The molecule has 5 nitrogen and oxygen atoms in total. The van der Waals surface area contributed by atoms with Gasteiger partial charge in [0.2, 0.25) is 10.0 Å². The lowest BCUT2D eigenvalue weighted by Crippen LogP contribution is -2.40. The molecule has 0 aliphatic carbocycles. The van der Waals surface area contributed by atoms with Gasteiger partial charge in [-0.2, -0.15) is 0 Å². The normalized spacial score (nSPS) is 12.7. The first-order valence-corrected chi connectivity index (χ1v) is 7.08. The fourth-order valence-corrected chi connectivity index (χ4v) is 3.01. The smallest absolute Gasteiger partial charge is 0.242 e. The number of hydrogen-bond donors (Lipinski definition) is 2. The Bertz CT molecular complexity index is 504. The van der Waals surface area contributed by atoms with E-state index in [9.17, 15) is 8.42 Å². The quantitative estimate of drug-likeness (QED) is 0.791. The number of sulfonamides is 1. The predicted octanol–water partition coefficient (Wildman–Crippen LogP) is 1.28. The fourth-order valence-electron chi connectivity index (χ4n) is 1.46. The number of nitrogens with one attached hydrogen (secondary N) is 1. The summed E-state index contributed by atoms with van der Waals surface area (Å²) >= 11 is 0. The summed E-state index contributed by atoms with van der Waals surface area (Å²) in [5, 5.41) is 0. The van der Waals surface area contributed by atoms with Crippen molar-refractivity contribution in [2.24, 2.45) is 0 Å². The molecule has 0 spiro atoms. The van der Waals surface area contributed by atoms with Gasteiger partial charge < -0.3 is 10.5 Å². The number of nitrogen functional groups attached to an aromatic ring is 1. The zero-order valence-corrected chi connectivity index (χ0v) is 12.0. The third kappa shape index (κ3) is 3.44. The van der Waals surface area contributed by atoms with Crippen LogP contribution in [0.15, 0.2) is 23.1 Å². The van der Waals surface area contributed by atoms with Crippen LogP contribution in [0.25, 0.3) is 0 Å². The molecule has 0 unspecified atom stereocenters. The molecular formula is C12H20N2O3S. The summed E-state index contributed by atoms with van der Waals surface area (Å²) in [6.45, 7) is 5.50. The number of methoxy groups -OCH3 is 1. The molecule has 0 aliphatic heterocycles. The van der Waals surface area contributed by atoms with Crippen LogP contribution in [-0.2, 0) is 14.8 Å². The summed E-state index contributed by atoms with van der Waals surface area (Å²) in [5.41, 5.74) is 6.03. The van der Waals surface area contributed by atoms with Crippen molar-refractivity contribution in [2.75, 3.05) is 19.4 Å². The van der Waals surface area contributed by atoms with Crippen molar-refractivity contribution in [3.63, 3.8) is 0 Å². The second kappa shape index (κ2) is 5.26. The van der Waals surface area contributed by atoms with Crippen molar-refractivity contribution < 1.29 is 13.2 Å². The number of anilines is 1. The second-order valence-corrected chi connectivity index (χ2v) is 6.49. The lowest BCUT2D eigenvalue weighted by molar-refractivity contribution is 0.0276. The van der Waals surface area contributed by atoms with Crippen molar-refractivity contribution in [3.8, 4) is 0 Å². The van der Waals surface area contributed by atoms with Crippen LogP contribution in [0.2, 0.25) is 0 Å². The third-order valence-corrected chi connectivity index (χ3v) is 4.37. The number of nitrogens with two attached hydrogens (primary N) is 1. The van der Waals surface area contributed by atoms with Crippen molar-refractivity contribution in [1.29, 1.82) is 0 Å². The maximum Gasteiger partial charge on any atom is 0.242 e. The lowest BCUT2D eigenvalue weighted by Gasteiger charge is -2.23. The average molecular weight is 272 g/mol. The SMILES string of the molecule is COC(C)(C)CNS(=O)(=O)c1c(C)cccc1N. The Morgan fingerprint density at radius 3 is 2.50 bits per heavy atom. The average Bonchev–Trinajstić information content (AvgIpc) is 2.26. The summed E-state index contributed by atoms with van der Waals surface area (Å²) < 4.78 is 32.1. The molecule has 3 N–H and O–H groups in total. The van der Waals surface area contributed by atoms with E-state index in [2.05, 4.69) is 4.72 Å². The molecule has 0 atom stereocenters. The third-order valence-electron chi connectivity index (χ3n) is 2.75. The second-order valence-electron chi connectivity index (χ2n) is 4.78. The van der Waals surface area contributed by atoms with Crippen LogP contribution in [0.4, 0.5) is 5.69 Å². The number of aryl methyl sites for hydroxylation is 1. The van der Waals surface area contributed by atoms with E-state index in [1.165, 1.54) is 7.11 Å². The van der Waals surface area contributed by atoms with E-state index in [1.807, 2.05) is 0 Å². The Kier molecular flexibility index (Phi) is 4.37. The van der Waals surface area contributed by atoms with Gasteiger partial charge in [0.05, 0.1) is 11.3 Å². The van der Waals surface area contributed by atoms with Gasteiger partial charge in [0, 0.05) is 13.7 Å². The van der Waals surface area contributed by atoms with Crippen LogP contribution in [0.5, 0.6) is 0 Å². The molecule has 1 rings (SSSR count). The molecule has 1 aromatic rings. The van der Waals surface area contributed by atoms with Crippen LogP contribution >= 0.6 is 0 Å². The lowest BCUT2D eigenvalue weighted by atomic mass is 10.1. The highest BCUT2D eigenvalue weighted by Crippen LogP contribution is 2.22. The highest BCUT2D eigenvalue weighted by molar-refractivity contribution is 7.89. The molecule has 0 heterocycles. The van der Waals surface area contributed by atoms with E-state index in [1.54, 1.807) is 39.0 Å². The molecule has 6 heteroatoms. The van der Waals surface area contributed by atoms with Crippen LogP contribution in [0.1, 0.15) is 19.4 Å². The summed E-state index contributed by atoms with van der Waals surface area (Å²) in [6, 6.07) is 5.01. The Balaban J connectivity index is 3.01. The molecule has 0 aliphatic rings. The van der Waals surface area contributed by atoms with E-state index in [0.717, 1.165) is 0 Å². The van der Waals surface area contributed by atoms with E-state index < -0.39 is 15.6 Å². The molecule has 0 bridgehead atoms. The minimum absolute atomic E-state index is 0.136. The molecule has 0 aromatic heterocycles. The Morgan fingerprint density at radius 2 is 2.00 bits per heavy atom. The minimum Gasteiger partial charge on any atom is -0.398 e. The van der Waals surface area contributed by atoms with Crippen molar-refractivity contribution in [1.82, 2.24) is 4.72 Å². The van der Waals surface area contributed by atoms with Crippen LogP contribution in [0.3, 0.4) is 0 Å². The van der Waals surface area contributed by atoms with E-state index in [0.29, 0.717) is 5.56 Å². The van der Waals surface area contributed by atoms with Gasteiger partial charge in [-0.25, -0.2) is 13.1 Å². The van der Waals surface area contributed by atoms with Crippen molar-refractivity contribution >= 4 is 15.7 Å². The first kappa shape index (κ1) is 14.9. The number of hydrogen-bond acceptors (Lipinski definition) is 4. The first-order chi connectivity index (χ1) is 8.19. The predicted molar refractivity (Wildman–Crippen MR) is 71.9 cm³/mol. The minimum atomic E-state index is -3.62. The van der Waals surface area contributed by atoms with Gasteiger partial charge in [0.15, 0.2) is 0 Å². The Morgan fingerprint density at radius 1 is 1.39 bits per heavy atom. The molecule has 0 amide bonds. The molecule has 1 aromatic carbocycles. The maximum absolute atomic E-state index is 12.2. The van der Waals surface area contributed by atoms with Crippen molar-refractivity contribution in [3.05, 3.63) is 23.8 Å². The standard InChI is InChI=1S/C12H20N2O3S/c1-9-6-5-7-10(13)11(9)18(15,16)14-8-12(2,3)17-4/h5-7,14H,8,13H2,1-4H3. The van der Waals surface area contributed by atoms with Crippen molar-refractivity contribution in [2.45, 2.75) is 31.3 Å². The number of benzene rings is 1. The molecule has 0 fully saturated rings. The highest BCUT2D eigenvalue weighted by atomic mass is 32.2. The summed E-state index contributed by atoms with van der Waals surface area (Å²) in [5.74, 6) is 0. The molecule has 18 heavy (non-hydrogen) atoms. The largest absolute Gasteiger partial charge is 0.398 e. The van der Waals surface area contributed by atoms with E-state index >= 15 is 0 Å². The zero-order valence-electron chi connectivity index (χ0n) is 11.1. The van der Waals surface area contributed by atoms with Gasteiger partial charge in [-0.05, 0) is 32.4 Å². The zero-order chi connectivity index (χ0) is 14.0. The van der Waals surface area contributed by atoms with Gasteiger partial charge >= 0.3 is 0 Å². The summed E-state index contributed by atoms with van der Waals surface area (Å²) in [7, 11) is -2.08. The number of ether oxygens (including phenoxy) is 1.